The average Bonchev–Trinajstić information content (AvgIpc) is 2.29. The van der Waals surface area contributed by atoms with Crippen LogP contribution in [-0.2, 0) is 6.54 Å². The molecule has 0 amide bonds. The highest BCUT2D eigenvalue weighted by Crippen LogP contribution is 2.25. The Bertz CT molecular complexity index is 398. The number of aromatic nitrogens is 1. The van der Waals surface area contributed by atoms with Crippen molar-refractivity contribution in [1.82, 2.24) is 4.98 Å². The van der Waals surface area contributed by atoms with Crippen molar-refractivity contribution < 1.29 is 5.11 Å². The number of pyridine rings is 1. The van der Waals surface area contributed by atoms with E-state index in [2.05, 4.69) is 22.9 Å². The molecular formula is C13H21N3O. The van der Waals surface area contributed by atoms with Gasteiger partial charge in [0.2, 0.25) is 0 Å². The summed E-state index contributed by atoms with van der Waals surface area (Å²) in [5.74, 6) is 1.01. The second kappa shape index (κ2) is 5.02. The Kier molecular flexibility index (Phi) is 3.64. The number of piperidine rings is 1. The standard InChI is InChI=1S/C13H21N3O/c1-9-7-10(2)15-13(12(9)8-14)16-5-3-11(17)4-6-16/h7,11,17H,3-6,8,14H2,1-2H3. The maximum absolute atomic E-state index is 9.54. The third-order valence-electron chi connectivity index (χ3n) is 3.42. The molecule has 17 heavy (non-hydrogen) atoms. The number of nitrogens with zero attached hydrogens (tertiary/aromatic N) is 2. The van der Waals surface area contributed by atoms with Crippen molar-refractivity contribution >= 4 is 5.82 Å². The molecule has 0 aliphatic carbocycles. The average molecular weight is 235 g/mol. The monoisotopic (exact) mass is 235 g/mol. The maximum atomic E-state index is 9.54. The molecule has 4 heteroatoms. The summed E-state index contributed by atoms with van der Waals surface area (Å²) < 4.78 is 0. The molecule has 3 N–H and O–H groups in total. The lowest BCUT2D eigenvalue weighted by atomic mass is 10.0. The topological polar surface area (TPSA) is 62.4 Å². The molecule has 2 heterocycles. The zero-order valence-electron chi connectivity index (χ0n) is 10.6. The van der Waals surface area contributed by atoms with E-state index in [0.717, 1.165) is 43.0 Å². The van der Waals surface area contributed by atoms with Crippen LogP contribution >= 0.6 is 0 Å². The number of aliphatic hydroxyl groups excluding tert-OH is 1. The van der Waals surface area contributed by atoms with E-state index < -0.39 is 0 Å². The van der Waals surface area contributed by atoms with Crippen molar-refractivity contribution in [3.05, 3.63) is 22.9 Å². The van der Waals surface area contributed by atoms with Gasteiger partial charge in [0.1, 0.15) is 5.82 Å². The van der Waals surface area contributed by atoms with Gasteiger partial charge in [0.25, 0.3) is 0 Å². The summed E-state index contributed by atoms with van der Waals surface area (Å²) in [4.78, 5) is 6.86. The summed E-state index contributed by atoms with van der Waals surface area (Å²) >= 11 is 0. The molecule has 1 saturated heterocycles. The number of aryl methyl sites for hydroxylation is 2. The number of rotatable bonds is 2. The number of hydrogen-bond donors (Lipinski definition) is 2. The molecule has 1 aromatic heterocycles. The molecule has 0 unspecified atom stereocenters. The maximum Gasteiger partial charge on any atom is 0.133 e. The summed E-state index contributed by atoms with van der Waals surface area (Å²) in [6.45, 7) is 6.34. The Hall–Kier alpha value is -1.13. The lowest BCUT2D eigenvalue weighted by Gasteiger charge is -2.32. The Labute approximate surface area is 102 Å². The van der Waals surface area contributed by atoms with E-state index >= 15 is 0 Å². The number of aliphatic hydroxyl groups is 1. The first-order valence-electron chi connectivity index (χ1n) is 6.22. The van der Waals surface area contributed by atoms with Gasteiger partial charge in [0.15, 0.2) is 0 Å². The van der Waals surface area contributed by atoms with Crippen molar-refractivity contribution in [3.8, 4) is 0 Å². The van der Waals surface area contributed by atoms with Crippen LogP contribution < -0.4 is 10.6 Å². The van der Waals surface area contributed by atoms with Crippen LogP contribution in [0.1, 0.15) is 29.7 Å². The van der Waals surface area contributed by atoms with Gasteiger partial charge in [-0.25, -0.2) is 4.98 Å². The van der Waals surface area contributed by atoms with E-state index in [1.165, 1.54) is 5.56 Å². The van der Waals surface area contributed by atoms with Gasteiger partial charge in [-0.1, -0.05) is 0 Å². The van der Waals surface area contributed by atoms with Crippen LogP contribution in [0.15, 0.2) is 6.07 Å². The third-order valence-corrected chi connectivity index (χ3v) is 3.42. The normalized spacial score (nSPS) is 17.5. The van der Waals surface area contributed by atoms with Crippen LogP contribution in [0, 0.1) is 13.8 Å². The molecule has 2 rings (SSSR count). The van der Waals surface area contributed by atoms with Crippen molar-refractivity contribution in [1.29, 1.82) is 0 Å². The van der Waals surface area contributed by atoms with E-state index in [1.807, 2.05) is 6.92 Å². The smallest absolute Gasteiger partial charge is 0.133 e. The van der Waals surface area contributed by atoms with Gasteiger partial charge in [-0.05, 0) is 38.3 Å². The van der Waals surface area contributed by atoms with Gasteiger partial charge in [0.05, 0.1) is 6.10 Å². The molecule has 4 nitrogen and oxygen atoms in total. The Morgan fingerprint density at radius 1 is 1.41 bits per heavy atom. The molecule has 0 aromatic carbocycles. The van der Waals surface area contributed by atoms with Crippen LogP contribution in [-0.4, -0.2) is 29.3 Å². The van der Waals surface area contributed by atoms with Gasteiger partial charge in [-0.2, -0.15) is 0 Å². The Balaban J connectivity index is 2.30. The number of anilines is 1. The lowest BCUT2D eigenvalue weighted by Crippen LogP contribution is -2.37. The van der Waals surface area contributed by atoms with Gasteiger partial charge >= 0.3 is 0 Å². The largest absolute Gasteiger partial charge is 0.393 e. The third kappa shape index (κ3) is 2.58. The summed E-state index contributed by atoms with van der Waals surface area (Å²) in [6.07, 6.45) is 1.48. The molecule has 0 saturated carbocycles. The van der Waals surface area contributed by atoms with Gasteiger partial charge in [-0.3, -0.25) is 0 Å². The molecule has 1 aliphatic heterocycles. The van der Waals surface area contributed by atoms with E-state index in [0.29, 0.717) is 6.54 Å². The summed E-state index contributed by atoms with van der Waals surface area (Å²) in [7, 11) is 0. The predicted octanol–water partition coefficient (Wildman–Crippen LogP) is 1.12. The second-order valence-electron chi connectivity index (χ2n) is 4.81. The Morgan fingerprint density at radius 2 is 2.06 bits per heavy atom. The highest BCUT2D eigenvalue weighted by atomic mass is 16.3. The highest BCUT2D eigenvalue weighted by Gasteiger charge is 2.21. The van der Waals surface area contributed by atoms with Crippen molar-refractivity contribution in [2.24, 2.45) is 5.73 Å². The fourth-order valence-electron chi connectivity index (χ4n) is 2.44. The predicted molar refractivity (Wildman–Crippen MR) is 69.1 cm³/mol. The molecular weight excluding hydrogens is 214 g/mol. The van der Waals surface area contributed by atoms with Crippen LogP contribution in [0.3, 0.4) is 0 Å². The van der Waals surface area contributed by atoms with E-state index in [1.54, 1.807) is 0 Å². The minimum atomic E-state index is -0.154. The molecule has 94 valence electrons. The van der Waals surface area contributed by atoms with Crippen LogP contribution in [0.2, 0.25) is 0 Å². The fraction of sp³-hybridized carbons (Fsp3) is 0.615. The molecule has 0 atom stereocenters. The molecule has 0 radical (unpaired) electrons. The summed E-state index contributed by atoms with van der Waals surface area (Å²) in [5, 5.41) is 9.54. The Morgan fingerprint density at radius 3 is 2.65 bits per heavy atom. The highest BCUT2D eigenvalue weighted by molar-refractivity contribution is 5.51. The van der Waals surface area contributed by atoms with Crippen LogP contribution in [0.25, 0.3) is 0 Å². The van der Waals surface area contributed by atoms with Gasteiger partial charge in [0, 0.05) is 30.9 Å². The lowest BCUT2D eigenvalue weighted by molar-refractivity contribution is 0.145. The van der Waals surface area contributed by atoms with Crippen LogP contribution in [0.5, 0.6) is 0 Å². The number of hydrogen-bond acceptors (Lipinski definition) is 4. The van der Waals surface area contributed by atoms with E-state index in [4.69, 9.17) is 5.73 Å². The minimum absolute atomic E-state index is 0.154. The molecule has 0 bridgehead atoms. The quantitative estimate of drug-likeness (QED) is 0.806. The molecule has 1 fully saturated rings. The molecule has 0 spiro atoms. The van der Waals surface area contributed by atoms with Gasteiger partial charge in [-0.15, -0.1) is 0 Å². The first-order valence-corrected chi connectivity index (χ1v) is 6.22. The molecule has 1 aromatic rings. The van der Waals surface area contributed by atoms with Crippen molar-refractivity contribution in [3.63, 3.8) is 0 Å². The first-order chi connectivity index (χ1) is 8.11. The summed E-state index contributed by atoms with van der Waals surface area (Å²) in [6, 6.07) is 2.07. The van der Waals surface area contributed by atoms with Crippen molar-refractivity contribution in [2.75, 3.05) is 18.0 Å². The zero-order valence-corrected chi connectivity index (χ0v) is 10.6. The minimum Gasteiger partial charge on any atom is -0.393 e. The second-order valence-corrected chi connectivity index (χ2v) is 4.81. The van der Waals surface area contributed by atoms with Crippen LogP contribution in [0.4, 0.5) is 5.82 Å². The van der Waals surface area contributed by atoms with Gasteiger partial charge < -0.3 is 15.7 Å². The van der Waals surface area contributed by atoms with Crippen molar-refractivity contribution in [2.45, 2.75) is 39.3 Å². The first kappa shape index (κ1) is 12.3. The SMILES string of the molecule is Cc1cc(C)c(CN)c(N2CCC(O)CC2)n1. The fourth-order valence-corrected chi connectivity index (χ4v) is 2.44. The zero-order chi connectivity index (χ0) is 12.4. The number of nitrogens with two attached hydrogens (primary N) is 1. The molecule has 1 aliphatic rings. The van der Waals surface area contributed by atoms with E-state index in [9.17, 15) is 5.11 Å². The summed E-state index contributed by atoms with van der Waals surface area (Å²) in [5.41, 5.74) is 9.19. The van der Waals surface area contributed by atoms with E-state index in [-0.39, 0.29) is 6.10 Å².